The molecule has 0 spiro atoms. The van der Waals surface area contributed by atoms with E-state index in [4.69, 9.17) is 24.4 Å². The van der Waals surface area contributed by atoms with Gasteiger partial charge in [-0.3, -0.25) is 19.2 Å². The van der Waals surface area contributed by atoms with E-state index in [0.29, 0.717) is 18.8 Å². The van der Waals surface area contributed by atoms with E-state index in [-0.39, 0.29) is 68.6 Å². The summed E-state index contributed by atoms with van der Waals surface area (Å²) in [7, 11) is 0. The summed E-state index contributed by atoms with van der Waals surface area (Å²) in [5, 5.41) is 38.1. The van der Waals surface area contributed by atoms with E-state index >= 15 is 0 Å². The van der Waals surface area contributed by atoms with E-state index in [1.807, 2.05) is 20.8 Å². The van der Waals surface area contributed by atoms with Crippen LogP contribution in [-0.4, -0.2) is 82.3 Å². The molecule has 7 aliphatic rings. The number of esters is 3. The van der Waals surface area contributed by atoms with Crippen molar-refractivity contribution < 1.29 is 58.6 Å². The van der Waals surface area contributed by atoms with E-state index in [1.54, 1.807) is 32.1 Å². The molecule has 6 bridgehead atoms. The van der Waals surface area contributed by atoms with Gasteiger partial charge in [0.1, 0.15) is 5.60 Å². The molecular formula is C38H62O12. The Kier molecular flexibility index (Phi) is 15.1. The number of hydrogen-bond donors (Lipinski definition) is 4. The van der Waals surface area contributed by atoms with Crippen LogP contribution in [0.1, 0.15) is 124 Å². The molecule has 0 aromatic carbocycles. The normalized spacial score (nSPS) is 33.2. The number of carbonyl (C=O) groups is 4. The number of aliphatic carboxylic acids is 1. The lowest BCUT2D eigenvalue weighted by Gasteiger charge is -2.40. The van der Waals surface area contributed by atoms with Crippen molar-refractivity contribution in [3.8, 4) is 0 Å². The average Bonchev–Trinajstić information content (AvgIpc) is 3.92. The highest BCUT2D eigenvalue weighted by Crippen LogP contribution is 2.56. The maximum Gasteiger partial charge on any atom is 0.314 e. The van der Waals surface area contributed by atoms with Gasteiger partial charge in [0.25, 0.3) is 5.97 Å². The van der Waals surface area contributed by atoms with Gasteiger partial charge in [0.05, 0.1) is 43.8 Å². The maximum absolute atomic E-state index is 11.8. The highest BCUT2D eigenvalue weighted by atomic mass is 16.8. The molecule has 7 fully saturated rings. The molecule has 50 heavy (non-hydrogen) atoms. The minimum Gasteiger partial charge on any atom is -0.481 e. The second-order valence-electron chi connectivity index (χ2n) is 16.5. The summed E-state index contributed by atoms with van der Waals surface area (Å²) in [6, 6.07) is 0. The number of hydrogen-bond acceptors (Lipinski definition) is 11. The van der Waals surface area contributed by atoms with Crippen molar-refractivity contribution in [2.45, 2.75) is 135 Å². The first-order chi connectivity index (χ1) is 23.7. The standard InChI is InChI=1S/C15H26O7.C12H20O2.C7H12.C4H4O3/c16-5-1-7-21-15(20,22-8-2-6-17)13-11-4-3-10(9-11)12(13)14(18)19;1-12(2,3)14-11(13)10-7-8-4-5-9(10)6-8;1-2-7-4-3-6(1)5-7;5-3-1-2-4(6)7-3/h10-13,16-17,20H,1-9H2,(H,18,19);8-10H,4-7H2,1-3H3;6-7H,1-5H2;1-2H2. The molecule has 12 heteroatoms. The predicted molar refractivity (Wildman–Crippen MR) is 181 cm³/mol. The summed E-state index contributed by atoms with van der Waals surface area (Å²) >= 11 is 0. The molecule has 0 aromatic rings. The fraction of sp³-hybridized carbons (Fsp3) is 0.895. The first-order valence-electron chi connectivity index (χ1n) is 19.1. The lowest BCUT2D eigenvalue weighted by Crippen LogP contribution is -2.51. The first-order valence-corrected chi connectivity index (χ1v) is 19.1. The molecule has 7 unspecified atom stereocenters. The van der Waals surface area contributed by atoms with Crippen molar-refractivity contribution in [2.24, 2.45) is 53.3 Å². The van der Waals surface area contributed by atoms with Crippen LogP contribution in [0, 0.1) is 53.3 Å². The lowest BCUT2D eigenvalue weighted by molar-refractivity contribution is -0.397. The van der Waals surface area contributed by atoms with E-state index in [0.717, 1.165) is 31.6 Å². The third-order valence-electron chi connectivity index (χ3n) is 11.7. The van der Waals surface area contributed by atoms with Crippen molar-refractivity contribution in [3.05, 3.63) is 0 Å². The Morgan fingerprint density at radius 2 is 1.24 bits per heavy atom. The number of aliphatic hydroxyl groups excluding tert-OH is 2. The van der Waals surface area contributed by atoms with Crippen LogP contribution < -0.4 is 0 Å². The molecule has 1 heterocycles. The summed E-state index contributed by atoms with van der Waals surface area (Å²) in [5.74, 6) is -0.788. The molecule has 12 nitrogen and oxygen atoms in total. The molecule has 7 rings (SSSR count). The summed E-state index contributed by atoms with van der Waals surface area (Å²) < 4.78 is 20.4. The van der Waals surface area contributed by atoms with Gasteiger partial charge in [-0.2, -0.15) is 0 Å². The van der Waals surface area contributed by atoms with Gasteiger partial charge in [0.15, 0.2) is 0 Å². The van der Waals surface area contributed by atoms with Crippen LogP contribution in [0.25, 0.3) is 0 Å². The van der Waals surface area contributed by atoms with Gasteiger partial charge in [-0.05, 0) is 114 Å². The van der Waals surface area contributed by atoms with Gasteiger partial charge in [0.2, 0.25) is 0 Å². The molecule has 1 saturated heterocycles. The van der Waals surface area contributed by atoms with Crippen LogP contribution in [0.15, 0.2) is 0 Å². The van der Waals surface area contributed by atoms with Crippen molar-refractivity contribution >= 4 is 23.9 Å². The minimum atomic E-state index is -1.97. The van der Waals surface area contributed by atoms with Gasteiger partial charge in [-0.15, -0.1) is 0 Å². The second-order valence-corrected chi connectivity index (χ2v) is 16.5. The van der Waals surface area contributed by atoms with Gasteiger partial charge >= 0.3 is 23.9 Å². The third kappa shape index (κ3) is 11.4. The number of fused-ring (bicyclic) bond motifs is 6. The topological polar surface area (TPSA) is 186 Å². The van der Waals surface area contributed by atoms with E-state index < -0.39 is 35.7 Å². The zero-order chi connectivity index (χ0) is 36.5. The summed E-state index contributed by atoms with van der Waals surface area (Å²) in [5.41, 5.74) is -0.321. The summed E-state index contributed by atoms with van der Waals surface area (Å²) in [6.07, 6.45) is 16.5. The van der Waals surface area contributed by atoms with E-state index in [1.165, 1.54) is 31.1 Å². The predicted octanol–water partition coefficient (Wildman–Crippen LogP) is 4.99. The zero-order valence-corrected chi connectivity index (χ0v) is 30.4. The average molecular weight is 711 g/mol. The number of carboxylic acid groups (broad SMARTS) is 1. The Balaban J connectivity index is 0.000000168. The van der Waals surface area contributed by atoms with Crippen molar-refractivity contribution in [3.63, 3.8) is 0 Å². The SMILES string of the molecule is C1CC2CCC1C2.CC(C)(C)OC(=O)C1CC2CCC1C2.O=C(O)C1C2CCC(C2)C1C(O)(OCCCO)OCCCO.O=C1CCC(=O)O1. The third-order valence-corrected chi connectivity index (χ3v) is 11.7. The summed E-state index contributed by atoms with van der Waals surface area (Å²) in [4.78, 5) is 43.5. The van der Waals surface area contributed by atoms with E-state index in [2.05, 4.69) is 4.74 Å². The number of carbonyl (C=O) groups excluding carboxylic acids is 3. The van der Waals surface area contributed by atoms with Crippen LogP contribution in [0.3, 0.4) is 0 Å². The van der Waals surface area contributed by atoms with Crippen LogP contribution in [0.4, 0.5) is 0 Å². The van der Waals surface area contributed by atoms with Gasteiger partial charge < -0.3 is 39.4 Å². The summed E-state index contributed by atoms with van der Waals surface area (Å²) in [6.45, 7) is 5.85. The molecule has 0 radical (unpaired) electrons. The van der Waals surface area contributed by atoms with Crippen molar-refractivity contribution in [1.82, 2.24) is 0 Å². The molecule has 0 amide bonds. The van der Waals surface area contributed by atoms with Crippen LogP contribution >= 0.6 is 0 Å². The molecule has 286 valence electrons. The molecule has 6 aliphatic carbocycles. The Labute approximate surface area is 296 Å². The Hall–Kier alpha value is -2.12. The Morgan fingerprint density at radius 1 is 0.720 bits per heavy atom. The van der Waals surface area contributed by atoms with Crippen LogP contribution in [0.2, 0.25) is 0 Å². The van der Waals surface area contributed by atoms with Crippen molar-refractivity contribution in [2.75, 3.05) is 26.4 Å². The first kappa shape index (κ1) is 40.6. The smallest absolute Gasteiger partial charge is 0.314 e. The van der Waals surface area contributed by atoms with E-state index in [9.17, 15) is 29.4 Å². The largest absolute Gasteiger partial charge is 0.481 e. The fourth-order valence-corrected chi connectivity index (χ4v) is 9.49. The van der Waals surface area contributed by atoms with Gasteiger partial charge in [-0.25, -0.2) is 0 Å². The van der Waals surface area contributed by atoms with Crippen molar-refractivity contribution in [1.29, 1.82) is 0 Å². The molecular weight excluding hydrogens is 648 g/mol. The zero-order valence-electron chi connectivity index (χ0n) is 30.4. The quantitative estimate of drug-likeness (QED) is 0.0976. The highest BCUT2D eigenvalue weighted by Gasteiger charge is 2.60. The molecule has 0 aromatic heterocycles. The maximum atomic E-state index is 11.8. The number of cyclic esters (lactones) is 2. The van der Waals surface area contributed by atoms with Gasteiger partial charge in [0, 0.05) is 13.2 Å². The van der Waals surface area contributed by atoms with Crippen LogP contribution in [0.5, 0.6) is 0 Å². The lowest BCUT2D eigenvalue weighted by atomic mass is 9.77. The van der Waals surface area contributed by atoms with Crippen LogP contribution in [-0.2, 0) is 38.1 Å². The number of carboxylic acids is 1. The Bertz CT molecular complexity index is 1090. The second kappa shape index (κ2) is 18.6. The minimum absolute atomic E-state index is 0.0460. The molecule has 7 atom stereocenters. The fourth-order valence-electron chi connectivity index (χ4n) is 9.49. The number of ether oxygens (including phenoxy) is 4. The van der Waals surface area contributed by atoms with Gasteiger partial charge in [-0.1, -0.05) is 32.1 Å². The Morgan fingerprint density at radius 3 is 1.62 bits per heavy atom. The number of aliphatic hydroxyl groups is 3. The highest BCUT2D eigenvalue weighted by molar-refractivity contribution is 5.92. The molecule has 1 aliphatic heterocycles. The number of rotatable bonds is 11. The molecule has 4 N–H and O–H groups in total. The molecule has 6 saturated carbocycles. The monoisotopic (exact) mass is 710 g/mol.